The number of carbonyl (C=O) groups excluding carboxylic acids is 1. The molecular formula is C91H159NO13. The number of hydrogen-bond acceptors (Lipinski definition) is 13. The van der Waals surface area contributed by atoms with Gasteiger partial charge in [0.2, 0.25) is 5.91 Å². The molecule has 2 saturated heterocycles. The number of rotatable bonds is 72. The van der Waals surface area contributed by atoms with Gasteiger partial charge in [-0.2, -0.15) is 0 Å². The smallest absolute Gasteiger partial charge is 0.220 e. The van der Waals surface area contributed by atoms with Crippen molar-refractivity contribution in [2.45, 2.75) is 428 Å². The van der Waals surface area contributed by atoms with Gasteiger partial charge in [-0.25, -0.2) is 0 Å². The maximum absolute atomic E-state index is 13.4. The molecule has 0 radical (unpaired) electrons. The zero-order chi connectivity index (χ0) is 75.8. The summed E-state index contributed by atoms with van der Waals surface area (Å²) in [5.41, 5.74) is 0. The second-order valence-electron chi connectivity index (χ2n) is 29.9. The van der Waals surface area contributed by atoms with Gasteiger partial charge in [-0.15, -0.1) is 0 Å². The van der Waals surface area contributed by atoms with E-state index in [1.54, 1.807) is 6.08 Å². The summed E-state index contributed by atoms with van der Waals surface area (Å²) in [5.74, 6) is -0.251. The Bertz CT molecular complexity index is 2240. The lowest BCUT2D eigenvalue weighted by molar-refractivity contribution is -0.359. The maximum atomic E-state index is 13.4. The second kappa shape index (κ2) is 73.2. The molecule has 0 saturated carbocycles. The minimum Gasteiger partial charge on any atom is -0.394 e. The third-order valence-electron chi connectivity index (χ3n) is 20.4. The van der Waals surface area contributed by atoms with Gasteiger partial charge < -0.3 is 65.1 Å². The van der Waals surface area contributed by atoms with E-state index in [1.165, 1.54) is 231 Å². The summed E-state index contributed by atoms with van der Waals surface area (Å²) in [6.07, 6.45) is 91.6. The molecule has 2 fully saturated rings. The fourth-order valence-electron chi connectivity index (χ4n) is 13.6. The van der Waals surface area contributed by atoms with Gasteiger partial charge in [0.15, 0.2) is 12.6 Å². The summed E-state index contributed by atoms with van der Waals surface area (Å²) >= 11 is 0. The number of carbonyl (C=O) groups is 1. The fourth-order valence-corrected chi connectivity index (χ4v) is 13.6. The van der Waals surface area contributed by atoms with E-state index in [1.807, 2.05) is 6.08 Å². The second-order valence-corrected chi connectivity index (χ2v) is 29.9. The normalized spacial score (nSPS) is 22.0. The average molecular weight is 1480 g/mol. The summed E-state index contributed by atoms with van der Waals surface area (Å²) in [7, 11) is 0. The molecule has 1 amide bonds. The molecule has 105 heavy (non-hydrogen) atoms. The third-order valence-corrected chi connectivity index (χ3v) is 20.4. The summed E-state index contributed by atoms with van der Waals surface area (Å²) in [4.78, 5) is 13.4. The standard InChI is InChI=1S/C91H159NO13/c1-3-5-7-9-11-13-15-17-19-21-23-25-27-29-31-33-35-36-37-38-39-40-41-42-43-44-45-47-49-51-53-55-57-59-61-63-65-67-69-71-73-75-83(96)92-79(78-102-90-88(101)86(99)89(82(77-94)104-90)105-91-87(100)85(98)84(97)81(76-93)103-91)80(95)74-72-70-68-66-64-62-60-58-56-54-52-50-48-46-34-32-30-28-26-24-22-20-18-16-14-12-10-8-6-4-2/h5,7,11,13,17,19,23,25,29,31,35-36,38-39,56,58,64,66,72,74,79-82,84-91,93-95,97-101H,3-4,6,8-10,12,14-16,18,20-22,24,26-28,30,32-34,37,40-55,57,59-63,65,67-71,73,75-78H2,1-2H3,(H,92,96)/b7-5-,13-11-,19-17-,25-23-,31-29-,36-35-,39-38-,58-56+,66-64+,74-72+. The van der Waals surface area contributed by atoms with Gasteiger partial charge >= 0.3 is 0 Å². The Labute approximate surface area is 641 Å². The molecule has 2 heterocycles. The molecule has 0 aromatic rings. The Hall–Kier alpha value is -3.61. The Balaban J connectivity index is 1.59. The monoisotopic (exact) mass is 1470 g/mol. The minimum atomic E-state index is -1.80. The van der Waals surface area contributed by atoms with Crippen LogP contribution in [0.2, 0.25) is 0 Å². The van der Waals surface area contributed by atoms with Crippen LogP contribution in [0, 0.1) is 0 Å². The van der Waals surface area contributed by atoms with Gasteiger partial charge in [0.25, 0.3) is 0 Å². The third kappa shape index (κ3) is 55.4. The predicted molar refractivity (Wildman–Crippen MR) is 438 cm³/mol. The van der Waals surface area contributed by atoms with Gasteiger partial charge in [0.05, 0.1) is 32.0 Å². The number of unbranched alkanes of at least 4 members (excludes halogenated alkanes) is 41. The summed E-state index contributed by atoms with van der Waals surface area (Å²) < 4.78 is 22.9. The van der Waals surface area contributed by atoms with Crippen molar-refractivity contribution < 1.29 is 64.6 Å². The average Bonchev–Trinajstić information content (AvgIpc) is 0.769. The fraction of sp³-hybridized carbons (Fsp3) is 0.769. The van der Waals surface area contributed by atoms with Crippen LogP contribution in [-0.4, -0.2) is 140 Å². The van der Waals surface area contributed by atoms with Crippen molar-refractivity contribution in [3.63, 3.8) is 0 Å². The van der Waals surface area contributed by atoms with E-state index in [4.69, 9.17) is 18.9 Å². The Morgan fingerprint density at radius 2 is 0.667 bits per heavy atom. The van der Waals surface area contributed by atoms with Crippen molar-refractivity contribution >= 4 is 5.91 Å². The molecule has 0 aromatic carbocycles. The molecule has 12 unspecified atom stereocenters. The first kappa shape index (κ1) is 97.5. The molecule has 14 heteroatoms. The number of nitrogens with one attached hydrogen (secondary N) is 1. The highest BCUT2D eigenvalue weighted by Gasteiger charge is 2.51. The number of hydrogen-bond donors (Lipinski definition) is 9. The van der Waals surface area contributed by atoms with Crippen LogP contribution in [0.25, 0.3) is 0 Å². The molecule has 0 spiro atoms. The highest BCUT2D eigenvalue weighted by atomic mass is 16.7. The maximum Gasteiger partial charge on any atom is 0.220 e. The lowest BCUT2D eigenvalue weighted by Crippen LogP contribution is -2.65. The highest BCUT2D eigenvalue weighted by molar-refractivity contribution is 5.76. The zero-order valence-electron chi connectivity index (χ0n) is 66.7. The molecule has 0 bridgehead atoms. The summed E-state index contributed by atoms with van der Waals surface area (Å²) in [6.45, 7) is 2.70. The molecule has 2 aliphatic heterocycles. The first-order chi connectivity index (χ1) is 51.6. The van der Waals surface area contributed by atoms with Gasteiger partial charge in [0, 0.05) is 6.42 Å². The van der Waals surface area contributed by atoms with Crippen LogP contribution in [-0.2, 0) is 23.7 Å². The van der Waals surface area contributed by atoms with Crippen LogP contribution in [0.3, 0.4) is 0 Å². The van der Waals surface area contributed by atoms with Crippen molar-refractivity contribution in [3.05, 3.63) is 122 Å². The van der Waals surface area contributed by atoms with Gasteiger partial charge in [-0.3, -0.25) is 4.79 Å². The number of ether oxygens (including phenoxy) is 4. The first-order valence-corrected chi connectivity index (χ1v) is 43.3. The van der Waals surface area contributed by atoms with Crippen LogP contribution in [0.15, 0.2) is 122 Å². The summed E-state index contributed by atoms with van der Waals surface area (Å²) in [5, 5.41) is 87.8. The Morgan fingerprint density at radius 1 is 0.352 bits per heavy atom. The first-order valence-electron chi connectivity index (χ1n) is 43.3. The summed E-state index contributed by atoms with van der Waals surface area (Å²) in [6, 6.07) is -0.945. The van der Waals surface area contributed by atoms with Crippen molar-refractivity contribution in [2.75, 3.05) is 19.8 Å². The van der Waals surface area contributed by atoms with E-state index in [9.17, 15) is 45.6 Å². The van der Waals surface area contributed by atoms with Crippen LogP contribution in [0.5, 0.6) is 0 Å². The molecule has 2 aliphatic rings. The van der Waals surface area contributed by atoms with Gasteiger partial charge in [0.1, 0.15) is 48.8 Å². The predicted octanol–water partition coefficient (Wildman–Crippen LogP) is 20.7. The van der Waals surface area contributed by atoms with Crippen molar-refractivity contribution in [1.82, 2.24) is 5.32 Å². The number of aliphatic hydroxyl groups is 8. The topological polar surface area (TPSA) is 228 Å². The van der Waals surface area contributed by atoms with Crippen LogP contribution >= 0.6 is 0 Å². The Kier molecular flexibility index (Phi) is 68.0. The van der Waals surface area contributed by atoms with Crippen molar-refractivity contribution in [2.24, 2.45) is 0 Å². The van der Waals surface area contributed by atoms with Crippen LogP contribution < -0.4 is 5.32 Å². The van der Waals surface area contributed by atoms with E-state index in [0.29, 0.717) is 12.8 Å². The van der Waals surface area contributed by atoms with E-state index in [2.05, 4.69) is 129 Å². The van der Waals surface area contributed by atoms with Crippen LogP contribution in [0.1, 0.15) is 354 Å². The van der Waals surface area contributed by atoms with E-state index >= 15 is 0 Å². The molecular weight excluding hydrogens is 1310 g/mol. The largest absolute Gasteiger partial charge is 0.394 e. The van der Waals surface area contributed by atoms with Crippen LogP contribution in [0.4, 0.5) is 0 Å². The molecule has 0 aromatic heterocycles. The number of allylic oxidation sites excluding steroid dienone is 19. The molecule has 606 valence electrons. The van der Waals surface area contributed by atoms with Crippen molar-refractivity contribution in [3.8, 4) is 0 Å². The zero-order valence-corrected chi connectivity index (χ0v) is 66.7. The number of amides is 1. The molecule has 0 aliphatic carbocycles. The molecule has 14 nitrogen and oxygen atoms in total. The molecule has 9 N–H and O–H groups in total. The van der Waals surface area contributed by atoms with Crippen molar-refractivity contribution in [1.29, 1.82) is 0 Å². The SMILES string of the molecule is CC/C=C\C/C=C\C/C=C\C/C=C\C/C=C\C/C=C\C/C=C\CCCCCCCCCCCCCCCCCCCCCC(=O)NC(COC1OC(CO)C(OC2OC(CO)C(O)C(O)C2O)C(O)C1O)C(O)/C=C/CC/C=C/CC/C=C/CCCCCCCCCCCCCCCCCCCCCC. The quantitative estimate of drug-likeness (QED) is 0.0204. The minimum absolute atomic E-state index is 0.251. The lowest BCUT2D eigenvalue weighted by atomic mass is 9.97. The van der Waals surface area contributed by atoms with E-state index in [-0.39, 0.29) is 18.9 Å². The van der Waals surface area contributed by atoms with Gasteiger partial charge in [-0.1, -0.05) is 367 Å². The van der Waals surface area contributed by atoms with E-state index < -0.39 is 86.8 Å². The Morgan fingerprint density at radius 3 is 1.05 bits per heavy atom. The number of aliphatic hydroxyl groups excluding tert-OH is 8. The lowest BCUT2D eigenvalue weighted by Gasteiger charge is -2.46. The van der Waals surface area contributed by atoms with Gasteiger partial charge in [-0.05, 0) is 103 Å². The molecule has 12 atom stereocenters. The highest BCUT2D eigenvalue weighted by Crippen LogP contribution is 2.30. The van der Waals surface area contributed by atoms with E-state index in [0.717, 1.165) is 89.9 Å². The molecule has 2 rings (SSSR count).